The fourth-order valence-electron chi connectivity index (χ4n) is 12.4. The van der Waals surface area contributed by atoms with Crippen LogP contribution in [-0.2, 0) is 0 Å². The molecular formula is C76H49N. The van der Waals surface area contributed by atoms with Gasteiger partial charge in [0.05, 0.1) is 0 Å². The van der Waals surface area contributed by atoms with Crippen LogP contribution in [-0.4, -0.2) is 0 Å². The second-order valence-electron chi connectivity index (χ2n) is 20.3. The van der Waals surface area contributed by atoms with Crippen molar-refractivity contribution in [3.8, 4) is 55.6 Å². The maximum atomic E-state index is 2.45. The van der Waals surface area contributed by atoms with E-state index in [0.717, 1.165) is 17.1 Å². The molecule has 0 amide bonds. The summed E-state index contributed by atoms with van der Waals surface area (Å²) in [4.78, 5) is 2.44. The van der Waals surface area contributed by atoms with Gasteiger partial charge in [0.15, 0.2) is 0 Å². The standard InChI is InChI=1S/C76H49N/c1-2-16-50(17-3-1)54-36-40-62(41-37-54)77(63-42-38-55(39-43-63)73-65-24-10-12-26-67(65)74(68-27-13-11-25-66(68)73)59-33-30-51-18-4-7-21-56(51)46-59)64-44-45-71-72(49-64)76(61-35-32-53-20-6-9-23-58(53)48-61)70-29-15-14-28-69(70)75(71)60-34-31-52-19-5-8-22-57(52)47-60/h1-49H. The molecule has 0 aliphatic carbocycles. The highest BCUT2D eigenvalue weighted by atomic mass is 15.1. The van der Waals surface area contributed by atoms with Crippen molar-refractivity contribution >= 4 is 92.5 Å². The normalized spacial score (nSPS) is 11.6. The van der Waals surface area contributed by atoms with Crippen LogP contribution in [0.5, 0.6) is 0 Å². The molecule has 0 aromatic heterocycles. The van der Waals surface area contributed by atoms with Gasteiger partial charge in [0.2, 0.25) is 0 Å². The van der Waals surface area contributed by atoms with Gasteiger partial charge in [-0.1, -0.05) is 243 Å². The second-order valence-corrected chi connectivity index (χ2v) is 20.3. The molecule has 77 heavy (non-hydrogen) atoms. The van der Waals surface area contributed by atoms with E-state index in [2.05, 4.69) is 302 Å². The summed E-state index contributed by atoms with van der Waals surface area (Å²) in [6, 6.07) is 110. The van der Waals surface area contributed by atoms with E-state index in [1.54, 1.807) is 0 Å². The Morgan fingerprint density at radius 3 is 0.857 bits per heavy atom. The van der Waals surface area contributed by atoms with Crippen LogP contribution < -0.4 is 4.90 Å². The monoisotopic (exact) mass is 975 g/mol. The van der Waals surface area contributed by atoms with Crippen molar-refractivity contribution in [1.29, 1.82) is 0 Å². The molecular weight excluding hydrogens is 927 g/mol. The lowest BCUT2D eigenvalue weighted by molar-refractivity contribution is 1.29. The van der Waals surface area contributed by atoms with Crippen molar-refractivity contribution in [3.05, 3.63) is 297 Å². The maximum absolute atomic E-state index is 2.45. The third-order valence-electron chi connectivity index (χ3n) is 16.0. The summed E-state index contributed by atoms with van der Waals surface area (Å²) >= 11 is 0. The number of hydrogen-bond acceptors (Lipinski definition) is 1. The van der Waals surface area contributed by atoms with Crippen molar-refractivity contribution in [3.63, 3.8) is 0 Å². The Morgan fingerprint density at radius 1 is 0.156 bits per heavy atom. The lowest BCUT2D eigenvalue weighted by Crippen LogP contribution is -2.10. The third kappa shape index (κ3) is 7.63. The van der Waals surface area contributed by atoms with Gasteiger partial charge in [-0.15, -0.1) is 0 Å². The summed E-state index contributed by atoms with van der Waals surface area (Å²) in [5.41, 5.74) is 15.4. The molecule has 1 nitrogen and oxygen atoms in total. The van der Waals surface area contributed by atoms with Crippen LogP contribution in [0, 0.1) is 0 Å². The Kier molecular flexibility index (Phi) is 10.6. The van der Waals surface area contributed by atoms with Gasteiger partial charge < -0.3 is 4.90 Å². The fourth-order valence-corrected chi connectivity index (χ4v) is 12.4. The van der Waals surface area contributed by atoms with Crippen molar-refractivity contribution in [2.24, 2.45) is 0 Å². The number of benzene rings is 15. The fraction of sp³-hybridized carbons (Fsp3) is 0. The van der Waals surface area contributed by atoms with Crippen LogP contribution in [0.4, 0.5) is 17.1 Å². The topological polar surface area (TPSA) is 3.24 Å². The van der Waals surface area contributed by atoms with Gasteiger partial charge in [-0.2, -0.15) is 0 Å². The number of rotatable bonds is 8. The highest BCUT2D eigenvalue weighted by molar-refractivity contribution is 6.24. The van der Waals surface area contributed by atoms with Gasteiger partial charge in [-0.05, 0) is 186 Å². The van der Waals surface area contributed by atoms with Gasteiger partial charge in [0.25, 0.3) is 0 Å². The Balaban J connectivity index is 0.946. The first kappa shape index (κ1) is 44.4. The van der Waals surface area contributed by atoms with E-state index in [0.29, 0.717) is 0 Å². The van der Waals surface area contributed by atoms with Crippen LogP contribution in [0.15, 0.2) is 297 Å². The molecule has 15 rings (SSSR count). The summed E-state index contributed by atoms with van der Waals surface area (Å²) in [6.45, 7) is 0. The molecule has 0 unspecified atom stereocenters. The molecule has 0 fully saturated rings. The molecule has 0 bridgehead atoms. The molecule has 0 aliphatic rings. The van der Waals surface area contributed by atoms with Crippen LogP contribution in [0.3, 0.4) is 0 Å². The Hall–Kier alpha value is -10.1. The van der Waals surface area contributed by atoms with Gasteiger partial charge in [0.1, 0.15) is 0 Å². The zero-order chi connectivity index (χ0) is 50.8. The predicted molar refractivity (Wildman–Crippen MR) is 331 cm³/mol. The maximum Gasteiger partial charge on any atom is 0.0468 e. The van der Waals surface area contributed by atoms with E-state index in [1.165, 1.54) is 131 Å². The van der Waals surface area contributed by atoms with Crippen LogP contribution in [0.25, 0.3) is 131 Å². The Morgan fingerprint density at radius 2 is 0.442 bits per heavy atom. The lowest BCUT2D eigenvalue weighted by atomic mass is 9.85. The average molecular weight is 976 g/mol. The first-order valence-electron chi connectivity index (χ1n) is 26.6. The molecule has 0 atom stereocenters. The van der Waals surface area contributed by atoms with Gasteiger partial charge >= 0.3 is 0 Å². The first-order chi connectivity index (χ1) is 38.2. The minimum Gasteiger partial charge on any atom is -0.310 e. The summed E-state index contributed by atoms with van der Waals surface area (Å²) in [7, 11) is 0. The van der Waals surface area contributed by atoms with Crippen molar-refractivity contribution in [2.45, 2.75) is 0 Å². The van der Waals surface area contributed by atoms with E-state index in [4.69, 9.17) is 0 Å². The molecule has 0 aliphatic heterocycles. The largest absolute Gasteiger partial charge is 0.310 e. The number of fused-ring (bicyclic) bond motifs is 7. The average Bonchev–Trinajstić information content (AvgIpc) is 3.51. The first-order valence-corrected chi connectivity index (χ1v) is 26.6. The molecule has 0 heterocycles. The lowest BCUT2D eigenvalue weighted by Gasteiger charge is -2.27. The van der Waals surface area contributed by atoms with Gasteiger partial charge in [-0.3, -0.25) is 0 Å². The van der Waals surface area contributed by atoms with E-state index >= 15 is 0 Å². The van der Waals surface area contributed by atoms with Crippen molar-refractivity contribution in [2.75, 3.05) is 4.90 Å². The molecule has 15 aromatic rings. The Bertz CT molecular complexity index is 4720. The highest BCUT2D eigenvalue weighted by Gasteiger charge is 2.22. The molecule has 0 saturated carbocycles. The van der Waals surface area contributed by atoms with Crippen LogP contribution >= 0.6 is 0 Å². The minimum absolute atomic E-state index is 1.07. The minimum atomic E-state index is 1.07. The van der Waals surface area contributed by atoms with E-state index in [9.17, 15) is 0 Å². The molecule has 15 aromatic carbocycles. The zero-order valence-electron chi connectivity index (χ0n) is 42.2. The summed E-state index contributed by atoms with van der Waals surface area (Å²) in [6.07, 6.45) is 0. The smallest absolute Gasteiger partial charge is 0.0468 e. The quantitative estimate of drug-likeness (QED) is 0.137. The third-order valence-corrected chi connectivity index (χ3v) is 16.0. The molecule has 1 heteroatoms. The van der Waals surface area contributed by atoms with Crippen molar-refractivity contribution in [1.82, 2.24) is 0 Å². The predicted octanol–water partition coefficient (Wildman–Crippen LogP) is 21.6. The van der Waals surface area contributed by atoms with Gasteiger partial charge in [0, 0.05) is 17.1 Å². The number of hydrogen-bond donors (Lipinski definition) is 0. The molecule has 0 spiro atoms. The van der Waals surface area contributed by atoms with E-state index in [1.807, 2.05) is 0 Å². The number of anilines is 3. The summed E-state index contributed by atoms with van der Waals surface area (Å²) < 4.78 is 0. The molecule has 0 saturated heterocycles. The van der Waals surface area contributed by atoms with Crippen LogP contribution in [0.1, 0.15) is 0 Å². The summed E-state index contributed by atoms with van der Waals surface area (Å²) in [5, 5.41) is 17.2. The second kappa shape index (κ2) is 18.4. The summed E-state index contributed by atoms with van der Waals surface area (Å²) in [5.74, 6) is 0. The van der Waals surface area contributed by atoms with Gasteiger partial charge in [-0.25, -0.2) is 0 Å². The number of nitrogens with zero attached hydrogens (tertiary/aromatic N) is 1. The van der Waals surface area contributed by atoms with E-state index < -0.39 is 0 Å². The zero-order valence-corrected chi connectivity index (χ0v) is 42.2. The molecule has 0 N–H and O–H groups in total. The molecule has 0 radical (unpaired) electrons. The van der Waals surface area contributed by atoms with Crippen LogP contribution in [0.2, 0.25) is 0 Å². The molecule has 358 valence electrons. The van der Waals surface area contributed by atoms with Crippen molar-refractivity contribution < 1.29 is 0 Å². The SMILES string of the molecule is c1ccc(-c2ccc(N(c3ccc(-c4c5ccccc5c(-c5ccc6ccccc6c5)c5ccccc45)cc3)c3ccc4c(-c5ccc6ccccc6c5)c5ccccc5c(-c5ccc6ccccc6c5)c4c3)cc2)cc1. The Labute approximate surface area is 447 Å². The van der Waals surface area contributed by atoms with E-state index in [-0.39, 0.29) is 0 Å². The highest BCUT2D eigenvalue weighted by Crippen LogP contribution is 2.49.